The Balaban J connectivity index is 3.68. The van der Waals surface area contributed by atoms with Gasteiger partial charge in [0.15, 0.2) is 0 Å². The van der Waals surface area contributed by atoms with Crippen LogP contribution in [-0.2, 0) is 9.63 Å². The first kappa shape index (κ1) is 11.3. The van der Waals surface area contributed by atoms with E-state index in [1.54, 1.807) is 0 Å². The lowest BCUT2D eigenvalue weighted by molar-refractivity contribution is -0.197. The number of hydrogen-bond acceptors (Lipinski definition) is 6. The van der Waals surface area contributed by atoms with Crippen molar-refractivity contribution in [2.45, 2.75) is 0 Å². The number of hydroxylamine groups is 2. The molecule has 0 rings (SSSR count). The lowest BCUT2D eigenvalue weighted by Gasteiger charge is -2.17. The summed E-state index contributed by atoms with van der Waals surface area (Å²) in [5.74, 6) is -0.808. The molecule has 0 unspecified atom stereocenters. The summed E-state index contributed by atoms with van der Waals surface area (Å²) in [6, 6.07) is 0. The van der Waals surface area contributed by atoms with Crippen LogP contribution in [0.4, 0.5) is 0 Å². The minimum atomic E-state index is -0.808. The van der Waals surface area contributed by atoms with Crippen LogP contribution in [0.3, 0.4) is 0 Å². The maximum atomic E-state index is 10.5. The number of nitrogens with zero attached hydrogens (tertiary/aromatic N) is 1. The van der Waals surface area contributed by atoms with Crippen LogP contribution in [0.15, 0.2) is 0 Å². The molecule has 12 heavy (non-hydrogen) atoms. The monoisotopic (exact) mass is 179 g/mol. The van der Waals surface area contributed by atoms with E-state index in [2.05, 4.69) is 4.84 Å². The first-order valence-corrected chi connectivity index (χ1v) is 3.53. The maximum absolute atomic E-state index is 10.5. The Morgan fingerprint density at radius 2 is 1.67 bits per heavy atom. The zero-order valence-corrected chi connectivity index (χ0v) is 6.64. The number of rotatable bonds is 6. The molecule has 0 spiro atoms. The van der Waals surface area contributed by atoms with Gasteiger partial charge < -0.3 is 20.2 Å². The van der Waals surface area contributed by atoms with Crippen LogP contribution in [0.5, 0.6) is 0 Å². The molecule has 0 saturated carbocycles. The van der Waals surface area contributed by atoms with Crippen molar-refractivity contribution in [1.29, 1.82) is 0 Å². The molecule has 0 aromatic carbocycles. The molecule has 0 amide bonds. The van der Waals surface area contributed by atoms with Crippen molar-refractivity contribution in [2.75, 3.05) is 32.9 Å². The molecule has 72 valence electrons. The van der Waals surface area contributed by atoms with Crippen molar-refractivity contribution < 1.29 is 25.0 Å². The second-order valence-electron chi connectivity index (χ2n) is 2.00. The summed E-state index contributed by atoms with van der Waals surface area (Å²) in [5, 5.41) is 26.3. The van der Waals surface area contributed by atoms with E-state index in [0.29, 0.717) is 0 Å². The predicted molar refractivity (Wildman–Crippen MR) is 38.9 cm³/mol. The molecular formula is C6H13NO5. The maximum Gasteiger partial charge on any atom is 0.350 e. The Hall–Kier alpha value is -0.690. The largest absolute Gasteiger partial charge is 0.395 e. The van der Waals surface area contributed by atoms with Crippen LogP contribution in [-0.4, -0.2) is 59.3 Å². The SMILES string of the molecule is O=C(CO)ON(CCO)CCO. The number of carbonyl (C=O) groups excluding carboxylic acids is 1. The predicted octanol–water partition coefficient (Wildman–Crippen LogP) is -2.28. The smallest absolute Gasteiger partial charge is 0.350 e. The quantitative estimate of drug-likeness (QED) is 0.398. The van der Waals surface area contributed by atoms with Gasteiger partial charge in [-0.05, 0) is 0 Å². The van der Waals surface area contributed by atoms with E-state index in [0.717, 1.165) is 5.06 Å². The van der Waals surface area contributed by atoms with Crippen LogP contribution in [0.25, 0.3) is 0 Å². The van der Waals surface area contributed by atoms with Crippen LogP contribution >= 0.6 is 0 Å². The zero-order chi connectivity index (χ0) is 9.40. The highest BCUT2D eigenvalue weighted by atomic mass is 16.7. The molecule has 6 heteroatoms. The van der Waals surface area contributed by atoms with Crippen molar-refractivity contribution in [1.82, 2.24) is 5.06 Å². The molecule has 0 aliphatic rings. The normalized spacial score (nSPS) is 10.3. The summed E-state index contributed by atoms with van der Waals surface area (Å²) in [7, 11) is 0. The van der Waals surface area contributed by atoms with Crippen LogP contribution in [0, 0.1) is 0 Å². The van der Waals surface area contributed by atoms with Crippen LogP contribution in [0.2, 0.25) is 0 Å². The summed E-state index contributed by atoms with van der Waals surface area (Å²) >= 11 is 0. The van der Waals surface area contributed by atoms with Gasteiger partial charge in [0.05, 0.1) is 26.3 Å². The fourth-order valence-corrected chi connectivity index (χ4v) is 0.599. The highest BCUT2D eigenvalue weighted by Gasteiger charge is 2.08. The number of aliphatic hydroxyl groups excluding tert-OH is 3. The summed E-state index contributed by atoms with van der Waals surface area (Å²) < 4.78 is 0. The molecule has 0 aliphatic carbocycles. The summed E-state index contributed by atoms with van der Waals surface area (Å²) in [6.07, 6.45) is 0. The van der Waals surface area contributed by atoms with Gasteiger partial charge in [-0.25, -0.2) is 4.79 Å². The van der Waals surface area contributed by atoms with Gasteiger partial charge in [-0.2, -0.15) is 0 Å². The highest BCUT2D eigenvalue weighted by molar-refractivity contribution is 5.69. The third kappa shape index (κ3) is 5.03. The average molecular weight is 179 g/mol. The molecular weight excluding hydrogens is 166 g/mol. The third-order valence-electron chi connectivity index (χ3n) is 1.06. The van der Waals surface area contributed by atoms with Crippen molar-refractivity contribution >= 4 is 5.97 Å². The molecule has 3 N–H and O–H groups in total. The van der Waals surface area contributed by atoms with Crippen molar-refractivity contribution in [3.05, 3.63) is 0 Å². The van der Waals surface area contributed by atoms with E-state index >= 15 is 0 Å². The molecule has 0 atom stereocenters. The van der Waals surface area contributed by atoms with Crippen molar-refractivity contribution in [2.24, 2.45) is 0 Å². The lowest BCUT2D eigenvalue weighted by Crippen LogP contribution is -2.33. The van der Waals surface area contributed by atoms with Gasteiger partial charge >= 0.3 is 5.97 Å². The van der Waals surface area contributed by atoms with Gasteiger partial charge in [0, 0.05) is 0 Å². The molecule has 0 radical (unpaired) electrons. The van der Waals surface area contributed by atoms with Gasteiger partial charge in [-0.1, -0.05) is 0 Å². The molecule has 0 aromatic heterocycles. The second kappa shape index (κ2) is 6.99. The summed E-state index contributed by atoms with van der Waals surface area (Å²) in [5.41, 5.74) is 0. The van der Waals surface area contributed by atoms with Crippen molar-refractivity contribution in [3.8, 4) is 0 Å². The van der Waals surface area contributed by atoms with Crippen LogP contribution in [0.1, 0.15) is 0 Å². The van der Waals surface area contributed by atoms with E-state index < -0.39 is 12.6 Å². The Morgan fingerprint density at radius 3 is 2.00 bits per heavy atom. The topological polar surface area (TPSA) is 90.2 Å². The van der Waals surface area contributed by atoms with Gasteiger partial charge in [-0.15, -0.1) is 5.06 Å². The minimum Gasteiger partial charge on any atom is -0.395 e. The number of hydrogen-bond donors (Lipinski definition) is 3. The van der Waals surface area contributed by atoms with Gasteiger partial charge in [0.25, 0.3) is 0 Å². The van der Waals surface area contributed by atoms with E-state index in [4.69, 9.17) is 15.3 Å². The summed E-state index contributed by atoms with van der Waals surface area (Å²) in [4.78, 5) is 15.0. The Bertz CT molecular complexity index is 123. The second-order valence-corrected chi connectivity index (χ2v) is 2.00. The number of carbonyl (C=O) groups is 1. The molecule has 0 bridgehead atoms. The van der Waals surface area contributed by atoms with Gasteiger partial charge in [0.2, 0.25) is 0 Å². The lowest BCUT2D eigenvalue weighted by atomic mass is 10.6. The zero-order valence-electron chi connectivity index (χ0n) is 6.64. The molecule has 0 aromatic rings. The highest BCUT2D eigenvalue weighted by Crippen LogP contribution is 1.89. The fraction of sp³-hybridized carbons (Fsp3) is 0.833. The van der Waals surface area contributed by atoms with E-state index in [1.807, 2.05) is 0 Å². The Morgan fingerprint density at radius 1 is 1.17 bits per heavy atom. The van der Waals surface area contributed by atoms with E-state index in [-0.39, 0.29) is 26.3 Å². The van der Waals surface area contributed by atoms with Crippen LogP contribution < -0.4 is 0 Å². The number of aliphatic hydroxyl groups is 3. The molecule has 0 aliphatic heterocycles. The molecule has 0 fully saturated rings. The minimum absolute atomic E-state index is 0.117. The first-order chi connectivity index (χ1) is 5.74. The third-order valence-corrected chi connectivity index (χ3v) is 1.06. The fourth-order valence-electron chi connectivity index (χ4n) is 0.599. The molecule has 0 heterocycles. The standard InChI is InChI=1S/C6H13NO5/c8-3-1-7(2-4-9)12-6(11)5-10/h8-10H,1-5H2. The van der Waals surface area contributed by atoms with Crippen molar-refractivity contribution in [3.63, 3.8) is 0 Å². The molecule has 0 saturated heterocycles. The Labute approximate surface area is 69.9 Å². The van der Waals surface area contributed by atoms with Gasteiger partial charge in [0.1, 0.15) is 6.61 Å². The first-order valence-electron chi connectivity index (χ1n) is 3.53. The van der Waals surface area contributed by atoms with Gasteiger partial charge in [-0.3, -0.25) is 0 Å². The van der Waals surface area contributed by atoms with E-state index in [1.165, 1.54) is 0 Å². The average Bonchev–Trinajstić information content (AvgIpc) is 2.05. The summed E-state index contributed by atoms with van der Waals surface area (Å²) in [6.45, 7) is -0.844. The van der Waals surface area contributed by atoms with E-state index in [9.17, 15) is 4.79 Å². The molecule has 6 nitrogen and oxygen atoms in total. The Kier molecular flexibility index (Phi) is 6.58.